The first-order chi connectivity index (χ1) is 8.06. The van der Waals surface area contributed by atoms with Crippen molar-refractivity contribution in [3.8, 4) is 0 Å². The Kier molecular flexibility index (Phi) is 4.29. The molecule has 0 N–H and O–H groups in total. The SMILES string of the molecule is [B][C@@](C)(C(=O)c1cccc(Cl)c1)N(C)C(C)(C)C. The van der Waals surface area contributed by atoms with Crippen LogP contribution in [0.3, 0.4) is 0 Å². The monoisotopic (exact) mass is 263 g/mol. The lowest BCUT2D eigenvalue weighted by molar-refractivity contribution is 0.0624. The molecule has 1 aromatic carbocycles. The highest BCUT2D eigenvalue weighted by atomic mass is 35.5. The van der Waals surface area contributed by atoms with Crippen LogP contribution in [0.5, 0.6) is 0 Å². The van der Waals surface area contributed by atoms with Gasteiger partial charge in [0, 0.05) is 21.6 Å². The number of carbonyl (C=O) groups excluding carboxylic acids is 1. The Bertz CT molecular complexity index is 451. The van der Waals surface area contributed by atoms with Gasteiger partial charge in [0.05, 0.1) is 0 Å². The molecule has 1 aromatic rings. The normalized spacial score (nSPS) is 15.5. The number of ketones is 1. The van der Waals surface area contributed by atoms with E-state index in [1.54, 1.807) is 31.2 Å². The van der Waals surface area contributed by atoms with Crippen molar-refractivity contribution in [1.29, 1.82) is 0 Å². The molecule has 96 valence electrons. The van der Waals surface area contributed by atoms with Crippen LogP contribution in [0.25, 0.3) is 0 Å². The first-order valence-corrected chi connectivity index (χ1v) is 6.28. The maximum absolute atomic E-state index is 12.5. The van der Waals surface area contributed by atoms with Crippen molar-refractivity contribution in [3.05, 3.63) is 34.9 Å². The number of nitrogens with zero attached hydrogens (tertiary/aromatic N) is 1. The second-order valence-corrected chi connectivity index (χ2v) is 6.15. The molecule has 0 aliphatic carbocycles. The second kappa shape index (κ2) is 5.06. The summed E-state index contributed by atoms with van der Waals surface area (Å²) in [6.07, 6.45) is 0. The van der Waals surface area contributed by atoms with E-state index in [4.69, 9.17) is 19.4 Å². The van der Waals surface area contributed by atoms with Gasteiger partial charge in [0.25, 0.3) is 0 Å². The lowest BCUT2D eigenvalue weighted by atomic mass is 9.71. The van der Waals surface area contributed by atoms with Crippen molar-refractivity contribution in [3.63, 3.8) is 0 Å². The minimum Gasteiger partial charge on any atom is -0.297 e. The summed E-state index contributed by atoms with van der Waals surface area (Å²) in [5.74, 6) is -0.137. The molecule has 0 fully saturated rings. The second-order valence-electron chi connectivity index (χ2n) is 5.72. The van der Waals surface area contributed by atoms with Gasteiger partial charge in [0.1, 0.15) is 7.85 Å². The van der Waals surface area contributed by atoms with Gasteiger partial charge < -0.3 is 0 Å². The highest BCUT2D eigenvalue weighted by molar-refractivity contribution is 6.33. The molecule has 0 aliphatic heterocycles. The van der Waals surface area contributed by atoms with Gasteiger partial charge in [-0.2, -0.15) is 0 Å². The molecule has 2 nitrogen and oxygen atoms in total. The Morgan fingerprint density at radius 3 is 2.28 bits per heavy atom. The van der Waals surface area contributed by atoms with Gasteiger partial charge in [0.2, 0.25) is 0 Å². The van der Waals surface area contributed by atoms with Crippen molar-refractivity contribution in [2.24, 2.45) is 0 Å². The Balaban J connectivity index is 3.09. The van der Waals surface area contributed by atoms with Crippen molar-refractivity contribution in [2.45, 2.75) is 38.7 Å². The molecular formula is C14H19BClNO. The first-order valence-electron chi connectivity index (χ1n) is 5.90. The molecule has 0 saturated heterocycles. The molecule has 0 heterocycles. The maximum Gasteiger partial charge on any atom is 0.173 e. The summed E-state index contributed by atoms with van der Waals surface area (Å²) in [5, 5.41) is 0.537. The van der Waals surface area contributed by atoms with E-state index in [2.05, 4.69) is 0 Å². The van der Waals surface area contributed by atoms with E-state index in [-0.39, 0.29) is 11.3 Å². The zero-order valence-corrected chi connectivity index (χ0v) is 12.4. The van der Waals surface area contributed by atoms with Crippen molar-refractivity contribution in [2.75, 3.05) is 7.05 Å². The van der Waals surface area contributed by atoms with Gasteiger partial charge in [-0.15, -0.1) is 0 Å². The molecule has 0 bridgehead atoms. The maximum atomic E-state index is 12.5. The van der Waals surface area contributed by atoms with Crippen LogP contribution in [0.15, 0.2) is 24.3 Å². The van der Waals surface area contributed by atoms with Crippen LogP contribution < -0.4 is 0 Å². The molecule has 1 atom stereocenters. The zero-order valence-electron chi connectivity index (χ0n) is 11.6. The number of benzene rings is 1. The van der Waals surface area contributed by atoms with E-state index < -0.39 is 5.44 Å². The van der Waals surface area contributed by atoms with E-state index in [1.165, 1.54) is 0 Å². The first kappa shape index (κ1) is 15.3. The number of likely N-dealkylation sites (N-methyl/N-ethyl adjacent to an activating group) is 1. The van der Waals surface area contributed by atoms with Gasteiger partial charge in [-0.1, -0.05) is 23.7 Å². The van der Waals surface area contributed by atoms with Gasteiger partial charge >= 0.3 is 0 Å². The van der Waals surface area contributed by atoms with E-state index >= 15 is 0 Å². The summed E-state index contributed by atoms with van der Waals surface area (Å²) in [7, 11) is 8.05. The summed E-state index contributed by atoms with van der Waals surface area (Å²) in [4.78, 5) is 14.3. The molecular weight excluding hydrogens is 244 g/mol. The molecule has 4 heteroatoms. The lowest BCUT2D eigenvalue weighted by Crippen LogP contribution is -2.58. The summed E-state index contributed by atoms with van der Waals surface area (Å²) in [5.41, 5.74) is -0.732. The summed E-state index contributed by atoms with van der Waals surface area (Å²) >= 11 is 5.90. The predicted octanol–water partition coefficient (Wildman–Crippen LogP) is 3.14. The van der Waals surface area contributed by atoms with E-state index in [9.17, 15) is 4.79 Å². The van der Waals surface area contributed by atoms with Gasteiger partial charge in [-0.05, 0) is 46.9 Å². The van der Waals surface area contributed by atoms with Gasteiger partial charge in [-0.25, -0.2) is 0 Å². The molecule has 0 saturated carbocycles. The Morgan fingerprint density at radius 2 is 1.83 bits per heavy atom. The molecule has 0 spiro atoms. The summed E-state index contributed by atoms with van der Waals surface area (Å²) < 4.78 is 0. The summed E-state index contributed by atoms with van der Waals surface area (Å²) in [6, 6.07) is 6.86. The quantitative estimate of drug-likeness (QED) is 0.617. The average Bonchev–Trinajstić information content (AvgIpc) is 2.25. The summed E-state index contributed by atoms with van der Waals surface area (Å²) in [6.45, 7) is 7.78. The van der Waals surface area contributed by atoms with Crippen LogP contribution in [0, 0.1) is 0 Å². The van der Waals surface area contributed by atoms with Gasteiger partial charge in [0.15, 0.2) is 5.78 Å². The zero-order chi connectivity index (χ0) is 14.1. The number of hydrogen-bond acceptors (Lipinski definition) is 2. The van der Waals surface area contributed by atoms with Crippen LogP contribution in [0.2, 0.25) is 5.02 Å². The number of halogens is 1. The Hall–Kier alpha value is -0.795. The highest BCUT2D eigenvalue weighted by Gasteiger charge is 2.37. The number of carbonyl (C=O) groups is 1. The molecule has 2 radical (unpaired) electrons. The minimum absolute atomic E-state index is 0.137. The van der Waals surface area contributed by atoms with Crippen LogP contribution in [0.4, 0.5) is 0 Å². The molecule has 1 rings (SSSR count). The van der Waals surface area contributed by atoms with Crippen LogP contribution in [-0.2, 0) is 0 Å². The van der Waals surface area contributed by atoms with Crippen LogP contribution >= 0.6 is 11.6 Å². The molecule has 0 aliphatic rings. The van der Waals surface area contributed by atoms with Crippen LogP contribution in [-0.4, -0.2) is 36.6 Å². The fourth-order valence-electron chi connectivity index (χ4n) is 1.77. The van der Waals surface area contributed by atoms with Crippen molar-refractivity contribution < 1.29 is 4.79 Å². The molecule has 0 aromatic heterocycles. The largest absolute Gasteiger partial charge is 0.297 e. The van der Waals surface area contributed by atoms with Crippen molar-refractivity contribution in [1.82, 2.24) is 4.90 Å². The average molecular weight is 264 g/mol. The molecule has 0 unspecified atom stereocenters. The van der Waals surface area contributed by atoms with E-state index in [0.29, 0.717) is 10.6 Å². The Labute approximate surface area is 116 Å². The molecule has 18 heavy (non-hydrogen) atoms. The fraction of sp³-hybridized carbons (Fsp3) is 0.500. The predicted molar refractivity (Wildman–Crippen MR) is 77.5 cm³/mol. The number of hydrogen-bond donors (Lipinski definition) is 0. The topological polar surface area (TPSA) is 20.3 Å². The van der Waals surface area contributed by atoms with Crippen LogP contribution in [0.1, 0.15) is 38.1 Å². The van der Waals surface area contributed by atoms with Gasteiger partial charge in [-0.3, -0.25) is 9.69 Å². The lowest BCUT2D eigenvalue weighted by Gasteiger charge is -2.44. The third kappa shape index (κ3) is 3.15. The van der Waals surface area contributed by atoms with E-state index in [1.807, 2.05) is 32.7 Å². The van der Waals surface area contributed by atoms with Crippen molar-refractivity contribution >= 4 is 25.2 Å². The minimum atomic E-state index is -1.07. The molecule has 0 amide bonds. The highest BCUT2D eigenvalue weighted by Crippen LogP contribution is 2.25. The fourth-order valence-corrected chi connectivity index (χ4v) is 1.96. The Morgan fingerprint density at radius 1 is 1.28 bits per heavy atom. The number of rotatable bonds is 3. The third-order valence-electron chi connectivity index (χ3n) is 3.25. The van der Waals surface area contributed by atoms with E-state index in [0.717, 1.165) is 0 Å². The third-order valence-corrected chi connectivity index (χ3v) is 3.48. The smallest absolute Gasteiger partial charge is 0.173 e. The standard InChI is InChI=1S/C14H19BClNO/c1-13(2,3)17(5)14(4,15)12(18)10-7-6-8-11(16)9-10/h6-9H,1-5H3/t14-/m1/s1. The number of Topliss-reactive ketones (excluding diaryl/α,β-unsaturated/α-hetero) is 1.